The van der Waals surface area contributed by atoms with Crippen molar-refractivity contribution >= 4 is 29.8 Å². The summed E-state index contributed by atoms with van der Waals surface area (Å²) in [7, 11) is 1.19. The number of carbonyl (C=O) groups excluding carboxylic acids is 5. The van der Waals surface area contributed by atoms with E-state index in [1.54, 1.807) is 36.4 Å². The van der Waals surface area contributed by atoms with Gasteiger partial charge in [-0.1, -0.05) is 60.7 Å². The second-order valence-corrected chi connectivity index (χ2v) is 7.75. The Labute approximate surface area is 208 Å². The van der Waals surface area contributed by atoms with Crippen LogP contribution >= 0.6 is 0 Å². The predicted molar refractivity (Wildman–Crippen MR) is 129 cm³/mol. The number of nitrogens with one attached hydrogen (secondary N) is 4. The van der Waals surface area contributed by atoms with E-state index in [0.717, 1.165) is 11.1 Å². The average Bonchev–Trinajstić information content (AvgIpc) is 2.89. The summed E-state index contributed by atoms with van der Waals surface area (Å²) in [5, 5.41) is 9.77. The van der Waals surface area contributed by atoms with Crippen LogP contribution in [0.3, 0.4) is 0 Å². The highest BCUT2D eigenvalue weighted by Crippen LogP contribution is 2.05. The summed E-state index contributed by atoms with van der Waals surface area (Å²) in [4.78, 5) is 60.6. The molecule has 2 aromatic rings. The number of amides is 4. The van der Waals surface area contributed by atoms with E-state index in [4.69, 9.17) is 4.74 Å². The zero-order valence-corrected chi connectivity index (χ0v) is 20.1. The molecule has 2 rings (SSSR count). The van der Waals surface area contributed by atoms with E-state index in [-0.39, 0.29) is 19.6 Å². The Morgan fingerprint density at radius 2 is 1.39 bits per heavy atom. The molecule has 2 atom stereocenters. The summed E-state index contributed by atoms with van der Waals surface area (Å²) in [6, 6.07) is 16.0. The summed E-state index contributed by atoms with van der Waals surface area (Å²) in [5.74, 6) is -2.46. The van der Waals surface area contributed by atoms with Gasteiger partial charge in [0.25, 0.3) is 0 Å². The maximum absolute atomic E-state index is 12.8. The van der Waals surface area contributed by atoms with Crippen molar-refractivity contribution in [3.05, 3.63) is 71.8 Å². The molecular weight excluding hydrogens is 468 g/mol. The van der Waals surface area contributed by atoms with Crippen LogP contribution in [0.25, 0.3) is 0 Å². The number of alkyl carbamates (subject to hydrolysis) is 1. The largest absolute Gasteiger partial charge is 0.468 e. The molecule has 4 amide bonds. The van der Waals surface area contributed by atoms with Crippen molar-refractivity contribution in [2.75, 3.05) is 20.2 Å². The molecule has 11 heteroatoms. The van der Waals surface area contributed by atoms with Crippen LogP contribution in [-0.2, 0) is 41.7 Å². The van der Waals surface area contributed by atoms with Gasteiger partial charge in [-0.3, -0.25) is 19.2 Å². The van der Waals surface area contributed by atoms with E-state index in [2.05, 4.69) is 26.0 Å². The van der Waals surface area contributed by atoms with Gasteiger partial charge in [-0.05, 0) is 18.1 Å². The van der Waals surface area contributed by atoms with Crippen molar-refractivity contribution in [2.45, 2.75) is 32.0 Å². The number of esters is 1. The van der Waals surface area contributed by atoms with Crippen LogP contribution in [0.4, 0.5) is 4.79 Å². The molecule has 0 saturated heterocycles. The van der Waals surface area contributed by atoms with Gasteiger partial charge in [0.1, 0.15) is 25.2 Å². The maximum atomic E-state index is 12.8. The third-order valence-electron chi connectivity index (χ3n) is 4.94. The summed E-state index contributed by atoms with van der Waals surface area (Å²) >= 11 is 0. The van der Waals surface area contributed by atoms with Gasteiger partial charge in [0.05, 0.1) is 13.7 Å². The van der Waals surface area contributed by atoms with Gasteiger partial charge in [0.2, 0.25) is 17.7 Å². The zero-order chi connectivity index (χ0) is 26.3. The Bertz CT molecular complexity index is 1030. The normalized spacial score (nSPS) is 11.8. The minimum Gasteiger partial charge on any atom is -0.468 e. The van der Waals surface area contributed by atoms with Crippen LogP contribution in [0.15, 0.2) is 60.7 Å². The van der Waals surface area contributed by atoms with Crippen molar-refractivity contribution < 1.29 is 33.4 Å². The van der Waals surface area contributed by atoms with E-state index in [0.29, 0.717) is 0 Å². The summed E-state index contributed by atoms with van der Waals surface area (Å²) in [5.41, 5.74) is 1.57. The van der Waals surface area contributed by atoms with E-state index in [9.17, 15) is 24.0 Å². The second-order valence-electron chi connectivity index (χ2n) is 7.75. The topological polar surface area (TPSA) is 152 Å². The third kappa shape index (κ3) is 10.2. The first-order valence-corrected chi connectivity index (χ1v) is 11.2. The van der Waals surface area contributed by atoms with Crippen molar-refractivity contribution in [1.29, 1.82) is 0 Å². The standard InChI is InChI=1S/C25H30N4O7/c1-17(28-25(34)36-16-19-11-7-4-8-12-19)23(32)29-20(13-18-9-5-3-6-10-18)24(33)27-14-21(30)26-15-22(31)35-2/h3-12,17,20H,13-16H2,1-2H3,(H,26,30)(H,27,33)(H,28,34)(H,29,32)/t17-,20-/m0/s1. The predicted octanol–water partition coefficient (Wildman–Crippen LogP) is 0.434. The van der Waals surface area contributed by atoms with Crippen LogP contribution in [0.2, 0.25) is 0 Å². The van der Waals surface area contributed by atoms with Gasteiger partial charge < -0.3 is 30.7 Å². The molecule has 0 heterocycles. The molecule has 0 bridgehead atoms. The molecule has 0 spiro atoms. The number of hydrogen-bond acceptors (Lipinski definition) is 7. The number of ether oxygens (including phenoxy) is 2. The van der Waals surface area contributed by atoms with Crippen molar-refractivity contribution in [2.24, 2.45) is 0 Å². The van der Waals surface area contributed by atoms with Crippen molar-refractivity contribution in [3.8, 4) is 0 Å². The molecule has 0 aliphatic carbocycles. The van der Waals surface area contributed by atoms with Gasteiger partial charge in [-0.25, -0.2) is 4.79 Å². The molecule has 0 unspecified atom stereocenters. The fourth-order valence-electron chi connectivity index (χ4n) is 2.96. The first kappa shape index (κ1) is 27.8. The molecule has 36 heavy (non-hydrogen) atoms. The van der Waals surface area contributed by atoms with Crippen LogP contribution in [0.1, 0.15) is 18.1 Å². The second kappa shape index (κ2) is 14.8. The quantitative estimate of drug-likeness (QED) is 0.310. The minimum atomic E-state index is -1.03. The van der Waals surface area contributed by atoms with Gasteiger partial charge in [0, 0.05) is 6.42 Å². The SMILES string of the molecule is COC(=O)CNC(=O)CNC(=O)[C@H](Cc1ccccc1)NC(=O)[C@H](C)NC(=O)OCc1ccccc1. The maximum Gasteiger partial charge on any atom is 0.408 e. The molecule has 0 aliphatic heterocycles. The van der Waals surface area contributed by atoms with Gasteiger partial charge in [-0.2, -0.15) is 0 Å². The van der Waals surface area contributed by atoms with Gasteiger partial charge in [-0.15, -0.1) is 0 Å². The number of carbonyl (C=O) groups is 5. The molecule has 11 nitrogen and oxygen atoms in total. The lowest BCUT2D eigenvalue weighted by Crippen LogP contribution is -2.54. The molecule has 192 valence electrons. The lowest BCUT2D eigenvalue weighted by molar-refractivity contribution is -0.141. The van der Waals surface area contributed by atoms with Crippen LogP contribution < -0.4 is 21.3 Å². The Kier molecular flexibility index (Phi) is 11.4. The highest BCUT2D eigenvalue weighted by molar-refractivity contribution is 5.93. The molecule has 0 fully saturated rings. The van der Waals surface area contributed by atoms with Gasteiger partial charge >= 0.3 is 12.1 Å². The summed E-state index contributed by atoms with van der Waals surface area (Å²) < 4.78 is 9.56. The number of hydrogen-bond donors (Lipinski definition) is 4. The van der Waals surface area contributed by atoms with Crippen molar-refractivity contribution in [3.63, 3.8) is 0 Å². The Morgan fingerprint density at radius 3 is 2.00 bits per heavy atom. The first-order chi connectivity index (χ1) is 17.3. The molecule has 0 radical (unpaired) electrons. The minimum absolute atomic E-state index is 0.0398. The van der Waals surface area contributed by atoms with Gasteiger partial charge in [0.15, 0.2) is 0 Å². The summed E-state index contributed by atoms with van der Waals surface area (Å²) in [6.45, 7) is 0.754. The molecule has 2 aromatic carbocycles. The molecule has 0 aromatic heterocycles. The fraction of sp³-hybridized carbons (Fsp3) is 0.320. The van der Waals surface area contributed by atoms with E-state index in [1.165, 1.54) is 14.0 Å². The molecule has 0 saturated carbocycles. The lowest BCUT2D eigenvalue weighted by atomic mass is 10.0. The van der Waals surface area contributed by atoms with E-state index < -0.39 is 48.4 Å². The Balaban J connectivity index is 1.92. The van der Waals surface area contributed by atoms with Crippen molar-refractivity contribution in [1.82, 2.24) is 21.3 Å². The molecule has 4 N–H and O–H groups in total. The monoisotopic (exact) mass is 498 g/mol. The first-order valence-electron chi connectivity index (χ1n) is 11.2. The third-order valence-corrected chi connectivity index (χ3v) is 4.94. The average molecular weight is 499 g/mol. The highest BCUT2D eigenvalue weighted by atomic mass is 16.5. The number of methoxy groups -OCH3 is 1. The zero-order valence-electron chi connectivity index (χ0n) is 20.1. The summed E-state index contributed by atoms with van der Waals surface area (Å²) in [6.07, 6.45) is -0.638. The number of benzene rings is 2. The van der Waals surface area contributed by atoms with Crippen LogP contribution in [0.5, 0.6) is 0 Å². The van der Waals surface area contributed by atoms with Crippen LogP contribution in [-0.4, -0.2) is 62.1 Å². The fourth-order valence-corrected chi connectivity index (χ4v) is 2.96. The molecular formula is C25H30N4O7. The van der Waals surface area contributed by atoms with E-state index in [1.807, 2.05) is 24.3 Å². The smallest absolute Gasteiger partial charge is 0.408 e. The lowest BCUT2D eigenvalue weighted by Gasteiger charge is -2.21. The Hall–Kier alpha value is -4.41. The molecule has 0 aliphatic rings. The Morgan fingerprint density at radius 1 is 0.778 bits per heavy atom. The van der Waals surface area contributed by atoms with E-state index >= 15 is 0 Å². The van der Waals surface area contributed by atoms with Crippen LogP contribution in [0, 0.1) is 0 Å². The number of rotatable bonds is 12. The highest BCUT2D eigenvalue weighted by Gasteiger charge is 2.25.